The summed E-state index contributed by atoms with van der Waals surface area (Å²) >= 11 is 0. The summed E-state index contributed by atoms with van der Waals surface area (Å²) in [6, 6.07) is 17.7. The summed E-state index contributed by atoms with van der Waals surface area (Å²) in [4.78, 5) is 0. The quantitative estimate of drug-likeness (QED) is 0.395. The topological polar surface area (TPSA) is 9.86 Å². The monoisotopic (exact) mass is 354 g/mol. The number of aryl methyl sites for hydroxylation is 2. The van der Waals surface area contributed by atoms with Gasteiger partial charge in [0.2, 0.25) is 0 Å². The average molecular weight is 354 g/mol. The van der Waals surface area contributed by atoms with Crippen molar-refractivity contribution in [2.45, 2.75) is 33.1 Å². The largest absolute Gasteiger partial charge is 0.347 e. The molecule has 0 unspecified atom stereocenters. The maximum absolute atomic E-state index is 2.35. The molecule has 136 valence electrons. The number of aromatic nitrogens is 2. The number of para-hydroxylation sites is 2. The lowest BCUT2D eigenvalue weighted by Gasteiger charge is -2.10. The lowest BCUT2D eigenvalue weighted by molar-refractivity contribution is 0.906. The molecule has 0 radical (unpaired) electrons. The van der Waals surface area contributed by atoms with Gasteiger partial charge >= 0.3 is 0 Å². The van der Waals surface area contributed by atoms with Gasteiger partial charge in [0.15, 0.2) is 0 Å². The molecule has 1 aliphatic rings. The van der Waals surface area contributed by atoms with Crippen LogP contribution in [0, 0.1) is 13.8 Å². The van der Waals surface area contributed by atoms with Crippen molar-refractivity contribution in [2.24, 2.45) is 14.1 Å². The number of nitrogens with zero attached hydrogens (tertiary/aromatic N) is 2. The van der Waals surface area contributed by atoms with Gasteiger partial charge in [-0.1, -0.05) is 36.4 Å². The van der Waals surface area contributed by atoms with Crippen LogP contribution in [0.5, 0.6) is 0 Å². The molecule has 2 heteroatoms. The molecule has 0 amide bonds. The van der Waals surface area contributed by atoms with Crippen molar-refractivity contribution in [1.29, 1.82) is 0 Å². The highest BCUT2D eigenvalue weighted by atomic mass is 15.0. The van der Waals surface area contributed by atoms with Crippen LogP contribution in [0.3, 0.4) is 0 Å². The minimum atomic E-state index is 1.17. The molecule has 0 bridgehead atoms. The van der Waals surface area contributed by atoms with Crippen LogP contribution in [0.15, 0.2) is 48.5 Å². The summed E-state index contributed by atoms with van der Waals surface area (Å²) in [6.07, 6.45) is 3.59. The van der Waals surface area contributed by atoms with Gasteiger partial charge in [-0.3, -0.25) is 0 Å². The molecule has 0 spiro atoms. The van der Waals surface area contributed by atoms with Crippen LogP contribution in [0.25, 0.3) is 33.0 Å². The first-order valence-corrected chi connectivity index (χ1v) is 9.90. The highest BCUT2D eigenvalue weighted by molar-refractivity contribution is 6.08. The second-order valence-corrected chi connectivity index (χ2v) is 7.88. The second kappa shape index (κ2) is 5.88. The van der Waals surface area contributed by atoms with E-state index in [-0.39, 0.29) is 0 Å². The Kier molecular flexibility index (Phi) is 3.58. The van der Waals surface area contributed by atoms with E-state index in [1.165, 1.54) is 63.6 Å². The minimum Gasteiger partial charge on any atom is -0.347 e. The summed E-state index contributed by atoms with van der Waals surface area (Å²) in [5, 5.41) is 2.79. The molecule has 0 fully saturated rings. The predicted octanol–water partition coefficient (Wildman–Crippen LogP) is 6.38. The van der Waals surface area contributed by atoms with E-state index in [2.05, 4.69) is 85.6 Å². The van der Waals surface area contributed by atoms with E-state index in [1.54, 1.807) is 11.1 Å². The van der Waals surface area contributed by atoms with Crippen LogP contribution in [-0.2, 0) is 14.1 Å². The van der Waals surface area contributed by atoms with Gasteiger partial charge in [0.25, 0.3) is 0 Å². The number of hydrogen-bond acceptors (Lipinski definition) is 0. The molecule has 4 aromatic rings. The van der Waals surface area contributed by atoms with Crippen LogP contribution >= 0.6 is 0 Å². The van der Waals surface area contributed by atoms with E-state index >= 15 is 0 Å². The Morgan fingerprint density at radius 3 is 1.48 bits per heavy atom. The fourth-order valence-corrected chi connectivity index (χ4v) is 5.10. The first-order valence-electron chi connectivity index (χ1n) is 9.90. The van der Waals surface area contributed by atoms with Crippen molar-refractivity contribution in [3.8, 4) is 0 Å². The van der Waals surface area contributed by atoms with Gasteiger partial charge < -0.3 is 9.13 Å². The Hall–Kier alpha value is -2.74. The van der Waals surface area contributed by atoms with E-state index in [4.69, 9.17) is 0 Å². The molecule has 1 aliphatic carbocycles. The third-order valence-electron chi connectivity index (χ3n) is 6.62. The standard InChI is InChI=1S/C25H26N2/c1-16-24(20-10-5-7-14-22(20)26(16)3)18-12-9-13-19(18)25-17(2)27(4)23-15-8-6-11-21(23)25/h5-8,10-11,14-15H,9,12-13H2,1-4H3. The van der Waals surface area contributed by atoms with Crippen molar-refractivity contribution in [3.05, 3.63) is 71.0 Å². The van der Waals surface area contributed by atoms with Crippen molar-refractivity contribution in [3.63, 3.8) is 0 Å². The lowest BCUT2D eigenvalue weighted by atomic mass is 9.93. The molecular weight excluding hydrogens is 328 g/mol. The number of allylic oxidation sites excluding steroid dienone is 2. The fourth-order valence-electron chi connectivity index (χ4n) is 5.10. The van der Waals surface area contributed by atoms with Crippen molar-refractivity contribution in [1.82, 2.24) is 9.13 Å². The molecule has 2 aromatic heterocycles. The first-order chi connectivity index (χ1) is 13.1. The van der Waals surface area contributed by atoms with Crippen LogP contribution in [0.1, 0.15) is 41.8 Å². The normalized spacial score (nSPS) is 14.8. The lowest BCUT2D eigenvalue weighted by Crippen LogP contribution is -1.94. The van der Waals surface area contributed by atoms with E-state index in [1.807, 2.05) is 0 Å². The van der Waals surface area contributed by atoms with Gasteiger partial charge in [-0.25, -0.2) is 0 Å². The molecule has 27 heavy (non-hydrogen) atoms. The van der Waals surface area contributed by atoms with E-state index in [0.717, 1.165) is 0 Å². The molecule has 2 aromatic carbocycles. The molecule has 2 nitrogen and oxygen atoms in total. The maximum Gasteiger partial charge on any atom is 0.0486 e. The molecular formula is C25H26N2. The first kappa shape index (κ1) is 16.4. The fraction of sp³-hybridized carbons (Fsp3) is 0.280. The van der Waals surface area contributed by atoms with E-state index < -0.39 is 0 Å². The van der Waals surface area contributed by atoms with Gasteiger partial charge in [0.05, 0.1) is 0 Å². The molecule has 0 saturated carbocycles. The Labute approximate surface area is 160 Å². The molecule has 0 atom stereocenters. The zero-order valence-electron chi connectivity index (χ0n) is 16.6. The molecule has 2 heterocycles. The summed E-state index contributed by atoms with van der Waals surface area (Å²) in [5.74, 6) is 0. The number of rotatable bonds is 2. The summed E-state index contributed by atoms with van der Waals surface area (Å²) in [6.45, 7) is 4.54. The molecule has 0 aliphatic heterocycles. The van der Waals surface area contributed by atoms with Crippen LogP contribution in [0.2, 0.25) is 0 Å². The van der Waals surface area contributed by atoms with Gasteiger partial charge in [-0.15, -0.1) is 0 Å². The van der Waals surface area contributed by atoms with Gasteiger partial charge in [0, 0.05) is 58.4 Å². The van der Waals surface area contributed by atoms with Crippen molar-refractivity contribution < 1.29 is 0 Å². The zero-order chi connectivity index (χ0) is 18.7. The Bertz CT molecular complexity index is 1130. The van der Waals surface area contributed by atoms with Crippen molar-refractivity contribution in [2.75, 3.05) is 0 Å². The molecule has 0 saturated heterocycles. The Morgan fingerprint density at radius 1 is 0.630 bits per heavy atom. The van der Waals surface area contributed by atoms with Gasteiger partial charge in [-0.2, -0.15) is 0 Å². The third kappa shape index (κ3) is 2.19. The van der Waals surface area contributed by atoms with Crippen LogP contribution < -0.4 is 0 Å². The van der Waals surface area contributed by atoms with E-state index in [9.17, 15) is 0 Å². The third-order valence-corrected chi connectivity index (χ3v) is 6.62. The smallest absolute Gasteiger partial charge is 0.0486 e. The highest BCUT2D eigenvalue weighted by Gasteiger charge is 2.26. The second-order valence-electron chi connectivity index (χ2n) is 7.88. The number of benzene rings is 2. The maximum atomic E-state index is 2.35. The Balaban J connectivity index is 1.86. The predicted molar refractivity (Wildman–Crippen MR) is 116 cm³/mol. The zero-order valence-corrected chi connectivity index (χ0v) is 16.6. The molecule has 5 rings (SSSR count). The van der Waals surface area contributed by atoms with Crippen LogP contribution in [0.4, 0.5) is 0 Å². The van der Waals surface area contributed by atoms with E-state index in [0.29, 0.717) is 0 Å². The van der Waals surface area contributed by atoms with Crippen molar-refractivity contribution >= 4 is 33.0 Å². The summed E-state index contributed by atoms with van der Waals surface area (Å²) in [5.41, 5.74) is 11.5. The average Bonchev–Trinajstić information content (AvgIpc) is 3.32. The summed E-state index contributed by atoms with van der Waals surface area (Å²) in [7, 11) is 4.39. The minimum absolute atomic E-state index is 1.17. The van der Waals surface area contributed by atoms with Gasteiger partial charge in [-0.05, 0) is 56.4 Å². The Morgan fingerprint density at radius 2 is 1.04 bits per heavy atom. The number of fused-ring (bicyclic) bond motifs is 2. The van der Waals surface area contributed by atoms with Crippen LogP contribution in [-0.4, -0.2) is 9.13 Å². The SMILES string of the molecule is Cc1c(C2=C(c3c(C)n(C)c4ccccc34)CCC2)c2ccccc2n1C. The molecule has 0 N–H and O–H groups in total. The van der Waals surface area contributed by atoms with Gasteiger partial charge in [0.1, 0.15) is 0 Å². The number of hydrogen-bond donors (Lipinski definition) is 0. The highest BCUT2D eigenvalue weighted by Crippen LogP contribution is 2.46. The summed E-state index contributed by atoms with van der Waals surface area (Å²) < 4.78 is 4.70.